The molecule has 1 unspecified atom stereocenters. The highest BCUT2D eigenvalue weighted by molar-refractivity contribution is 7.13. The Labute approximate surface area is 198 Å². The Bertz CT molecular complexity index is 1060. The minimum Gasteiger partial charge on any atom is -0.497 e. The Morgan fingerprint density at radius 1 is 1.00 bits per heavy atom. The predicted molar refractivity (Wildman–Crippen MR) is 132 cm³/mol. The van der Waals surface area contributed by atoms with Gasteiger partial charge in [0.05, 0.1) is 17.9 Å². The number of benzene rings is 1. The summed E-state index contributed by atoms with van der Waals surface area (Å²) in [5.74, 6) is 2.00. The first-order chi connectivity index (χ1) is 16.2. The maximum Gasteiger partial charge on any atom is 0.227 e. The first-order valence-electron chi connectivity index (χ1n) is 11.5. The van der Waals surface area contributed by atoms with Gasteiger partial charge in [-0.15, -0.1) is 21.5 Å². The van der Waals surface area contributed by atoms with Crippen LogP contribution in [0.15, 0.2) is 53.9 Å². The quantitative estimate of drug-likeness (QED) is 0.574. The summed E-state index contributed by atoms with van der Waals surface area (Å²) in [5, 5.41) is 10.9. The number of hydrogen-bond donors (Lipinski definition) is 0. The van der Waals surface area contributed by atoms with E-state index in [0.717, 1.165) is 73.4 Å². The van der Waals surface area contributed by atoms with Crippen molar-refractivity contribution in [3.63, 3.8) is 0 Å². The maximum atomic E-state index is 13.3. The molecule has 2 aliphatic rings. The first kappa shape index (κ1) is 21.7. The number of piperazine rings is 1. The van der Waals surface area contributed by atoms with Crippen LogP contribution in [-0.4, -0.2) is 67.4 Å². The van der Waals surface area contributed by atoms with Gasteiger partial charge in [-0.05, 0) is 48.6 Å². The van der Waals surface area contributed by atoms with Crippen molar-refractivity contribution < 1.29 is 9.53 Å². The zero-order valence-corrected chi connectivity index (χ0v) is 19.7. The number of carbonyl (C=O) groups excluding carboxylic acids is 1. The molecule has 7 nitrogen and oxygen atoms in total. The minimum atomic E-state index is 0.0147. The average molecular weight is 464 g/mol. The number of hydrogen-bond acceptors (Lipinski definition) is 7. The molecule has 8 heteroatoms. The molecule has 0 N–H and O–H groups in total. The molecule has 2 aromatic heterocycles. The Hall–Kier alpha value is -3.13. The zero-order valence-electron chi connectivity index (χ0n) is 18.9. The van der Waals surface area contributed by atoms with E-state index in [1.807, 2.05) is 40.6 Å². The summed E-state index contributed by atoms with van der Waals surface area (Å²) >= 11 is 1.66. The molecule has 0 aliphatic carbocycles. The second kappa shape index (κ2) is 9.79. The molecule has 0 radical (unpaired) electrons. The third-order valence-electron chi connectivity index (χ3n) is 6.53. The highest BCUT2D eigenvalue weighted by Crippen LogP contribution is 2.27. The van der Waals surface area contributed by atoms with Crippen LogP contribution in [0.2, 0.25) is 0 Å². The lowest BCUT2D eigenvalue weighted by molar-refractivity contribution is -0.136. The molecular weight excluding hydrogens is 434 g/mol. The van der Waals surface area contributed by atoms with Gasteiger partial charge in [0.2, 0.25) is 5.91 Å². The summed E-state index contributed by atoms with van der Waals surface area (Å²) in [7, 11) is 1.69. The predicted octanol–water partition coefficient (Wildman–Crippen LogP) is 3.78. The van der Waals surface area contributed by atoms with E-state index >= 15 is 0 Å². The van der Waals surface area contributed by atoms with Crippen LogP contribution in [0, 0.1) is 5.92 Å². The minimum absolute atomic E-state index is 0.0147. The van der Waals surface area contributed by atoms with Gasteiger partial charge in [-0.25, -0.2) is 0 Å². The second-order valence-electron chi connectivity index (χ2n) is 8.55. The number of carbonyl (C=O) groups is 1. The number of nitrogens with zero attached hydrogens (tertiary/aromatic N) is 5. The van der Waals surface area contributed by atoms with Crippen LogP contribution >= 0.6 is 11.3 Å². The summed E-state index contributed by atoms with van der Waals surface area (Å²) in [6, 6.07) is 16.3. The van der Waals surface area contributed by atoms with E-state index in [1.54, 1.807) is 18.4 Å². The van der Waals surface area contributed by atoms with E-state index in [2.05, 4.69) is 38.2 Å². The topological polar surface area (TPSA) is 61.8 Å². The number of methoxy groups -OCH3 is 1. The molecule has 0 spiro atoms. The monoisotopic (exact) mass is 463 g/mol. The summed E-state index contributed by atoms with van der Waals surface area (Å²) in [6.45, 7) is 4.81. The molecule has 1 amide bonds. The fourth-order valence-electron chi connectivity index (χ4n) is 4.69. The van der Waals surface area contributed by atoms with Crippen molar-refractivity contribution in [1.82, 2.24) is 15.1 Å². The Balaban J connectivity index is 1.18. The normalized spacial score (nSPS) is 18.9. The van der Waals surface area contributed by atoms with Crippen molar-refractivity contribution in [2.24, 2.45) is 5.92 Å². The van der Waals surface area contributed by atoms with Crippen LogP contribution in [0.25, 0.3) is 10.6 Å². The molecule has 1 atom stereocenters. The van der Waals surface area contributed by atoms with Gasteiger partial charge in [-0.3, -0.25) is 4.79 Å². The molecule has 172 valence electrons. The van der Waals surface area contributed by atoms with Gasteiger partial charge in [-0.2, -0.15) is 0 Å². The molecule has 4 heterocycles. The van der Waals surface area contributed by atoms with Crippen LogP contribution in [0.1, 0.15) is 12.8 Å². The van der Waals surface area contributed by atoms with Gasteiger partial charge < -0.3 is 19.4 Å². The summed E-state index contributed by atoms with van der Waals surface area (Å²) in [6.07, 6.45) is 1.93. The molecule has 33 heavy (non-hydrogen) atoms. The van der Waals surface area contributed by atoms with Crippen LogP contribution in [-0.2, 0) is 4.79 Å². The molecule has 2 aliphatic heterocycles. The third kappa shape index (κ3) is 4.80. The van der Waals surface area contributed by atoms with Gasteiger partial charge >= 0.3 is 0 Å². The largest absolute Gasteiger partial charge is 0.497 e. The molecule has 0 bridgehead atoms. The number of ether oxygens (including phenoxy) is 1. The molecule has 3 aromatic rings. The second-order valence-corrected chi connectivity index (χ2v) is 9.50. The summed E-state index contributed by atoms with van der Waals surface area (Å²) < 4.78 is 5.35. The van der Waals surface area contributed by atoms with Crippen LogP contribution in [0.3, 0.4) is 0 Å². The molecule has 0 saturated carbocycles. The summed E-state index contributed by atoms with van der Waals surface area (Å²) in [4.78, 5) is 21.0. The smallest absolute Gasteiger partial charge is 0.227 e. The van der Waals surface area contributed by atoms with Crippen molar-refractivity contribution in [2.45, 2.75) is 12.8 Å². The van der Waals surface area contributed by atoms with Crippen molar-refractivity contribution in [1.29, 1.82) is 0 Å². The average Bonchev–Trinajstić information content (AvgIpc) is 3.44. The van der Waals surface area contributed by atoms with Gasteiger partial charge in [0.25, 0.3) is 0 Å². The van der Waals surface area contributed by atoms with E-state index in [9.17, 15) is 4.79 Å². The lowest BCUT2D eigenvalue weighted by Crippen LogP contribution is -2.52. The third-order valence-corrected chi connectivity index (χ3v) is 7.42. The van der Waals surface area contributed by atoms with Gasteiger partial charge in [0.1, 0.15) is 11.4 Å². The number of thiophene rings is 1. The SMILES string of the molecule is COc1cccc(N2CCN(C(=O)C3CCCN(c4ccc(-c5cccs5)nn4)C3)CC2)c1. The lowest BCUT2D eigenvalue weighted by Gasteiger charge is -2.40. The molecular formula is C25H29N5O2S. The van der Waals surface area contributed by atoms with Gasteiger partial charge in [0, 0.05) is 51.0 Å². The van der Waals surface area contributed by atoms with Crippen LogP contribution < -0.4 is 14.5 Å². The van der Waals surface area contributed by atoms with Crippen LogP contribution in [0.5, 0.6) is 5.75 Å². The van der Waals surface area contributed by atoms with E-state index in [4.69, 9.17) is 4.74 Å². The fourth-order valence-corrected chi connectivity index (χ4v) is 5.38. The van der Waals surface area contributed by atoms with Crippen molar-refractivity contribution in [3.8, 4) is 16.3 Å². The molecule has 5 rings (SSSR count). The molecule has 2 fully saturated rings. The highest BCUT2D eigenvalue weighted by Gasteiger charge is 2.31. The molecule has 1 aromatic carbocycles. The zero-order chi connectivity index (χ0) is 22.6. The Morgan fingerprint density at radius 3 is 2.61 bits per heavy atom. The first-order valence-corrected chi connectivity index (χ1v) is 12.4. The van der Waals surface area contributed by atoms with Crippen molar-refractivity contribution >= 4 is 28.7 Å². The van der Waals surface area contributed by atoms with E-state index in [-0.39, 0.29) is 11.8 Å². The summed E-state index contributed by atoms with van der Waals surface area (Å²) in [5.41, 5.74) is 2.04. The van der Waals surface area contributed by atoms with Crippen molar-refractivity contribution in [2.75, 3.05) is 56.2 Å². The van der Waals surface area contributed by atoms with Gasteiger partial charge in [0.15, 0.2) is 5.82 Å². The number of rotatable bonds is 5. The van der Waals surface area contributed by atoms with E-state index in [1.165, 1.54) is 0 Å². The lowest BCUT2D eigenvalue weighted by atomic mass is 9.96. The van der Waals surface area contributed by atoms with Crippen molar-refractivity contribution in [3.05, 3.63) is 53.9 Å². The van der Waals surface area contributed by atoms with Gasteiger partial charge in [-0.1, -0.05) is 12.1 Å². The number of anilines is 2. The Kier molecular flexibility index (Phi) is 6.44. The number of amides is 1. The van der Waals surface area contributed by atoms with E-state index in [0.29, 0.717) is 6.54 Å². The molecule has 2 saturated heterocycles. The Morgan fingerprint density at radius 2 is 1.88 bits per heavy atom. The fraction of sp³-hybridized carbons (Fsp3) is 0.400. The van der Waals surface area contributed by atoms with Crippen LogP contribution in [0.4, 0.5) is 11.5 Å². The van der Waals surface area contributed by atoms with E-state index < -0.39 is 0 Å². The maximum absolute atomic E-state index is 13.3. The standard InChI is InChI=1S/C25H29N5O2S/c1-32-21-7-2-6-20(17-21)28-12-14-29(15-13-28)25(31)19-5-3-11-30(18-19)24-10-9-22(26-27-24)23-8-4-16-33-23/h2,4,6-10,16-17,19H,3,5,11-15,18H2,1H3. The number of aromatic nitrogens is 2. The number of piperidine rings is 1. The highest BCUT2D eigenvalue weighted by atomic mass is 32.1.